The number of likely N-dealkylation sites (tertiary alicyclic amines) is 4. The second-order valence-corrected chi connectivity index (χ2v) is 41.8. The van der Waals surface area contributed by atoms with Crippen molar-refractivity contribution in [1.82, 2.24) is 65.8 Å². The summed E-state index contributed by atoms with van der Waals surface area (Å²) in [5.74, 6) is -2.65. The largest absolute Gasteiger partial charge is 0.481 e. The summed E-state index contributed by atoms with van der Waals surface area (Å²) < 4.78 is 5.49. The molecule has 0 unspecified atom stereocenters. The number of unbranched alkanes of at least 4 members (excludes halogenated alkanes) is 2. The molecule has 4 aromatic rings. The number of amides is 12. The van der Waals surface area contributed by atoms with Crippen LogP contribution in [-0.2, 0) is 88.0 Å². The van der Waals surface area contributed by atoms with Crippen LogP contribution >= 0.6 is 0 Å². The molecule has 4 aromatic carbocycles. The highest BCUT2D eigenvalue weighted by atomic mass is 16.6. The van der Waals surface area contributed by atoms with Gasteiger partial charge in [-0.15, -0.1) is 0 Å². The van der Waals surface area contributed by atoms with Crippen LogP contribution in [0.5, 0.6) is 0 Å². The molecule has 768 valence electrons. The van der Waals surface area contributed by atoms with Crippen LogP contribution < -0.4 is 26.6 Å². The highest BCUT2D eigenvalue weighted by molar-refractivity contribution is 5.93. The fraction of sp³-hybridized carbons (Fsp3) is 0.664. The molecule has 0 saturated carbocycles. The summed E-state index contributed by atoms with van der Waals surface area (Å²) in [6, 6.07) is 36.5. The van der Waals surface area contributed by atoms with E-state index in [0.717, 1.165) is 126 Å². The molecule has 0 aliphatic carbocycles. The summed E-state index contributed by atoms with van der Waals surface area (Å²) in [4.78, 5) is 188. The van der Waals surface area contributed by atoms with Crippen LogP contribution in [0.25, 0.3) is 0 Å². The fourth-order valence-electron chi connectivity index (χ4n) is 17.9. The van der Waals surface area contributed by atoms with Gasteiger partial charge in [0.05, 0.1) is 0 Å². The number of rotatable bonds is 50. The minimum atomic E-state index is -0.913. The van der Waals surface area contributed by atoms with E-state index < -0.39 is 58.6 Å². The number of carboxylic acids is 1. The molecule has 4 aliphatic rings. The standard InChI is InChI=1S/C57H89N7O8.C29H45N3O5.C24H39N3O2/c1-12-14-30-47(58-51(67)41(3)13-2)53(69)63-35-22-28-45(63)39-61(37-33-43-24-17-15-18-25-43)48(65)31-21-32-49(66)62(38-34-44-26-19-16-20-27-44)40-46-29-23-36-64(46)54(70)50(56(5,6)7)59-52(68)42(4)60(11)55(71)72-57(8,9)10;1-6-21(2)27(36)30-26(29(3,4)5)28(37)32-18-11-14-23(32)20-31(24(33)15-10-16-25(34)35)19-17-22-12-8-7-9-13-22;1-4-6-14-22(26-23(28)19(3)5-2)24(29)27-17-10-13-21(27)18-25-16-15-20-11-8-7-9-12-20/h15-20,24-27,41-42,45-47,50H,12-14,21-23,28-40H2,1-11H3,(H,58,67)(H,59,68);7-9,12-13,21,23,26H,6,10-11,14-20H2,1-5H3,(H,30,36)(H,34,35);7-9,11-12,19,21-22,25H,4-6,10,13-18H2,1-3H3,(H,26,28)/t41-,42+,45+,46+,47+,50-;21-,23+,26-;19-,21+,22+/m111/s1. The smallest absolute Gasteiger partial charge is 0.410 e. The first-order valence-corrected chi connectivity index (χ1v) is 51.8. The van der Waals surface area contributed by atoms with Crippen LogP contribution in [-0.4, -0.2) is 267 Å². The number of carboxylic acid groups (broad SMARTS) is 1. The third kappa shape index (κ3) is 39.4. The maximum atomic E-state index is 14.6. The zero-order valence-corrected chi connectivity index (χ0v) is 87.3. The predicted molar refractivity (Wildman–Crippen MR) is 545 cm³/mol. The average Bonchev–Trinajstić information content (AvgIpc) is 1.68. The van der Waals surface area contributed by atoms with Gasteiger partial charge in [-0.3, -0.25) is 62.4 Å². The quantitative estimate of drug-likeness (QED) is 0.0224. The number of hydrogen-bond donors (Lipinski definition) is 6. The Balaban J connectivity index is 0.000000365. The Kier molecular flexibility index (Phi) is 50.1. The van der Waals surface area contributed by atoms with Crippen molar-refractivity contribution < 1.29 is 72.2 Å². The van der Waals surface area contributed by atoms with E-state index in [-0.39, 0.29) is 139 Å². The van der Waals surface area contributed by atoms with Crippen LogP contribution in [0.1, 0.15) is 295 Å². The van der Waals surface area contributed by atoms with Gasteiger partial charge in [-0.1, -0.05) is 244 Å². The zero-order chi connectivity index (χ0) is 102. The summed E-state index contributed by atoms with van der Waals surface area (Å²) in [5.41, 5.74) is 2.73. The Morgan fingerprint density at radius 3 is 1.02 bits per heavy atom. The van der Waals surface area contributed by atoms with E-state index in [9.17, 15) is 62.3 Å². The lowest BCUT2D eigenvalue weighted by Gasteiger charge is -2.38. The van der Waals surface area contributed by atoms with Crippen molar-refractivity contribution >= 4 is 77.0 Å². The van der Waals surface area contributed by atoms with Gasteiger partial charge in [0.15, 0.2) is 0 Å². The van der Waals surface area contributed by atoms with Gasteiger partial charge in [-0.2, -0.15) is 0 Å². The van der Waals surface area contributed by atoms with Gasteiger partial charge in [-0.05, 0) is 189 Å². The molecule has 28 nitrogen and oxygen atoms in total. The molecule has 4 saturated heterocycles. The van der Waals surface area contributed by atoms with E-state index in [2.05, 4.69) is 64.7 Å². The summed E-state index contributed by atoms with van der Waals surface area (Å²) in [6.07, 6.45) is 17.1. The van der Waals surface area contributed by atoms with Gasteiger partial charge < -0.3 is 70.7 Å². The third-order valence-corrected chi connectivity index (χ3v) is 27.5. The van der Waals surface area contributed by atoms with E-state index in [1.165, 1.54) is 17.5 Å². The van der Waals surface area contributed by atoms with Crippen LogP contribution in [0.4, 0.5) is 4.79 Å². The van der Waals surface area contributed by atoms with Gasteiger partial charge in [0.1, 0.15) is 35.8 Å². The van der Waals surface area contributed by atoms with E-state index in [1.54, 1.807) is 37.5 Å². The lowest BCUT2D eigenvalue weighted by molar-refractivity contribution is -0.142. The van der Waals surface area contributed by atoms with Gasteiger partial charge >= 0.3 is 12.1 Å². The normalized spacial score (nSPS) is 17.7. The van der Waals surface area contributed by atoms with E-state index in [4.69, 9.17) is 9.84 Å². The lowest BCUT2D eigenvalue weighted by atomic mass is 9.85. The Hall–Kier alpha value is -10.3. The van der Waals surface area contributed by atoms with E-state index >= 15 is 0 Å². The van der Waals surface area contributed by atoms with Crippen molar-refractivity contribution in [3.8, 4) is 0 Å². The highest BCUT2D eigenvalue weighted by Gasteiger charge is 2.45. The average molecular weight is 1920 g/mol. The molecule has 12 atom stereocenters. The van der Waals surface area contributed by atoms with Crippen molar-refractivity contribution in [3.63, 3.8) is 0 Å². The van der Waals surface area contributed by atoms with Crippen molar-refractivity contribution in [3.05, 3.63) is 144 Å². The number of carbonyl (C=O) groups is 13. The molecule has 6 N–H and O–H groups in total. The molecule has 28 heteroatoms. The molecule has 8 rings (SSSR count). The predicted octanol–water partition coefficient (Wildman–Crippen LogP) is 15.2. The van der Waals surface area contributed by atoms with Gasteiger partial charge in [0.25, 0.3) is 0 Å². The molecule has 12 amide bonds. The van der Waals surface area contributed by atoms with Gasteiger partial charge in [0.2, 0.25) is 65.0 Å². The number of aliphatic carboxylic acids is 1. The molecule has 4 aliphatic heterocycles. The minimum Gasteiger partial charge on any atom is -0.481 e. The number of nitrogens with one attached hydrogen (secondary N) is 5. The first kappa shape index (κ1) is 116. The minimum absolute atomic E-state index is 0.00122. The van der Waals surface area contributed by atoms with Crippen molar-refractivity contribution in [2.24, 2.45) is 28.6 Å². The Morgan fingerprint density at radius 1 is 0.399 bits per heavy atom. The van der Waals surface area contributed by atoms with Crippen molar-refractivity contribution in [2.45, 2.75) is 358 Å². The van der Waals surface area contributed by atoms with E-state index in [1.807, 2.05) is 205 Å². The summed E-state index contributed by atoms with van der Waals surface area (Å²) >= 11 is 0. The SMILES string of the molecule is CCCC[C@H](NC(=O)[C@H](C)CC)C(=O)N1CCC[C@H]1CN(CCc1ccccc1)C(=O)CCCC(=O)N(CCc1ccccc1)C[C@@H]1CCCN1C(=O)[C@@H](NC(=O)[C@H](C)N(C)C(=O)OC(C)(C)C)C(C)(C)C.CCCC[C@H](NC(=O)[C@H](C)CC)C(=O)N1CCC[C@H]1CNCCc1ccccc1.CC[C@@H](C)C(=O)N[C@H](C(=O)N1CCC[C@H]1CN(CCc1ccccc1)C(=O)CCCC(=O)O)C(C)(C)C. The van der Waals surface area contributed by atoms with Crippen molar-refractivity contribution in [1.29, 1.82) is 0 Å². The fourth-order valence-corrected chi connectivity index (χ4v) is 17.9. The number of likely N-dealkylation sites (N-methyl/N-ethyl adjacent to an activating group) is 1. The topological polar surface area (TPSA) is 337 Å². The number of benzene rings is 4. The molecule has 4 fully saturated rings. The first-order chi connectivity index (χ1) is 65.5. The maximum absolute atomic E-state index is 14.6. The van der Waals surface area contributed by atoms with Crippen LogP contribution in [0.15, 0.2) is 121 Å². The number of nitrogens with zero attached hydrogens (tertiary/aromatic N) is 8. The van der Waals surface area contributed by atoms with Crippen LogP contribution in [0, 0.1) is 28.6 Å². The molecule has 0 radical (unpaired) electrons. The molecule has 0 spiro atoms. The molecule has 0 bridgehead atoms. The Bertz CT molecular complexity index is 4410. The molecule has 0 aromatic heterocycles. The Labute approximate surface area is 826 Å². The summed E-state index contributed by atoms with van der Waals surface area (Å²) in [7, 11) is 1.50. The second-order valence-electron chi connectivity index (χ2n) is 41.8. The first-order valence-electron chi connectivity index (χ1n) is 51.8. The summed E-state index contributed by atoms with van der Waals surface area (Å²) in [5, 5.41) is 24.6. The third-order valence-electron chi connectivity index (χ3n) is 27.5. The molecular weight excluding hydrogens is 1740 g/mol. The number of ether oxygens (including phenoxy) is 1. The molecular formula is C110H173N13O15. The molecule has 4 heterocycles. The lowest BCUT2D eigenvalue weighted by Crippen LogP contribution is -2.59. The molecule has 138 heavy (non-hydrogen) atoms. The monoisotopic (exact) mass is 1920 g/mol. The van der Waals surface area contributed by atoms with Gasteiger partial charge in [0, 0.05) is 147 Å². The van der Waals surface area contributed by atoms with Crippen LogP contribution in [0.2, 0.25) is 0 Å². The van der Waals surface area contributed by atoms with E-state index in [0.29, 0.717) is 110 Å². The zero-order valence-electron chi connectivity index (χ0n) is 87.3. The van der Waals surface area contributed by atoms with Crippen molar-refractivity contribution in [2.75, 3.05) is 85.6 Å². The second kappa shape index (κ2) is 59.4. The van der Waals surface area contributed by atoms with Gasteiger partial charge in [-0.25, -0.2) is 4.79 Å². The number of hydrogen-bond acceptors (Lipinski definition) is 15. The van der Waals surface area contributed by atoms with Crippen LogP contribution in [0.3, 0.4) is 0 Å². The number of carbonyl (C=O) groups excluding carboxylic acids is 12. The maximum Gasteiger partial charge on any atom is 0.410 e. The summed E-state index contributed by atoms with van der Waals surface area (Å²) in [6.45, 7) is 40.8. The Morgan fingerprint density at radius 2 is 0.703 bits per heavy atom. The highest BCUT2D eigenvalue weighted by Crippen LogP contribution is 2.32.